The van der Waals surface area contributed by atoms with Crippen LogP contribution in [0, 0.1) is 0 Å². The zero-order chi connectivity index (χ0) is 11.1. The van der Waals surface area contributed by atoms with E-state index >= 15 is 0 Å². The first-order valence-corrected chi connectivity index (χ1v) is 5.70. The van der Waals surface area contributed by atoms with Gasteiger partial charge in [-0.25, -0.2) is 0 Å². The predicted molar refractivity (Wildman–Crippen MR) is 63.8 cm³/mol. The zero-order valence-corrected chi connectivity index (χ0v) is 9.61. The molecule has 15 heavy (non-hydrogen) atoms. The third kappa shape index (κ3) is 4.45. The Hall–Kier alpha value is -0.860. The maximum atomic E-state index is 9.40. The number of aliphatic hydroxyl groups excluding tert-OH is 1. The summed E-state index contributed by atoms with van der Waals surface area (Å²) in [6.07, 6.45) is 1.50. The van der Waals surface area contributed by atoms with Crippen LogP contribution in [0.25, 0.3) is 0 Å². The van der Waals surface area contributed by atoms with Gasteiger partial charge in [-0.15, -0.1) is 0 Å². The summed E-state index contributed by atoms with van der Waals surface area (Å²) in [6, 6.07) is 10.7. The van der Waals surface area contributed by atoms with Crippen LogP contribution in [0.2, 0.25) is 0 Å². The lowest BCUT2D eigenvalue weighted by atomic mass is 10.1. The molecule has 0 bridgehead atoms. The summed E-state index contributed by atoms with van der Waals surface area (Å²) in [5.41, 5.74) is 1.29. The van der Waals surface area contributed by atoms with Gasteiger partial charge >= 0.3 is 0 Å². The van der Waals surface area contributed by atoms with Gasteiger partial charge in [-0.05, 0) is 31.9 Å². The van der Waals surface area contributed by atoms with E-state index in [0.717, 1.165) is 19.4 Å². The molecule has 0 saturated carbocycles. The second-order valence-corrected chi connectivity index (χ2v) is 3.94. The van der Waals surface area contributed by atoms with Crippen molar-refractivity contribution in [1.29, 1.82) is 0 Å². The van der Waals surface area contributed by atoms with Crippen molar-refractivity contribution >= 4 is 0 Å². The largest absolute Gasteiger partial charge is 0.393 e. The third-order valence-corrected chi connectivity index (χ3v) is 2.70. The van der Waals surface area contributed by atoms with E-state index in [2.05, 4.69) is 36.5 Å². The van der Waals surface area contributed by atoms with Crippen LogP contribution in [0.3, 0.4) is 0 Å². The van der Waals surface area contributed by atoms with Gasteiger partial charge in [0.05, 0.1) is 6.10 Å². The summed E-state index contributed by atoms with van der Waals surface area (Å²) in [7, 11) is 0. The maximum absolute atomic E-state index is 9.40. The van der Waals surface area contributed by atoms with E-state index in [9.17, 15) is 5.11 Å². The van der Waals surface area contributed by atoms with Gasteiger partial charge in [-0.2, -0.15) is 0 Å². The summed E-state index contributed by atoms with van der Waals surface area (Å²) in [5.74, 6) is 0. The lowest BCUT2D eigenvalue weighted by Gasteiger charge is -2.15. The molecule has 0 amide bonds. The molecule has 0 spiro atoms. The summed E-state index contributed by atoms with van der Waals surface area (Å²) in [6.45, 7) is 5.02. The number of hydrogen-bond acceptors (Lipinski definition) is 2. The van der Waals surface area contributed by atoms with Crippen molar-refractivity contribution < 1.29 is 5.11 Å². The molecule has 1 aromatic rings. The smallest absolute Gasteiger partial charge is 0.0549 e. The van der Waals surface area contributed by atoms with Crippen LogP contribution < -0.4 is 5.32 Å². The normalized spacial score (nSPS) is 14.9. The molecule has 2 unspecified atom stereocenters. The van der Waals surface area contributed by atoms with E-state index in [0.29, 0.717) is 6.04 Å². The van der Waals surface area contributed by atoms with Gasteiger partial charge < -0.3 is 10.4 Å². The molecule has 2 atom stereocenters. The number of benzene rings is 1. The highest BCUT2D eigenvalue weighted by atomic mass is 16.3. The van der Waals surface area contributed by atoms with Gasteiger partial charge in [-0.1, -0.05) is 37.3 Å². The van der Waals surface area contributed by atoms with Crippen LogP contribution in [0.15, 0.2) is 30.3 Å². The quantitative estimate of drug-likeness (QED) is 0.751. The fourth-order valence-corrected chi connectivity index (χ4v) is 1.53. The number of rotatable bonds is 6. The Morgan fingerprint density at radius 2 is 1.93 bits per heavy atom. The van der Waals surface area contributed by atoms with E-state index in [1.54, 1.807) is 0 Å². The van der Waals surface area contributed by atoms with E-state index in [1.807, 2.05) is 13.0 Å². The molecule has 0 fully saturated rings. The van der Waals surface area contributed by atoms with E-state index in [4.69, 9.17) is 0 Å². The molecule has 2 heteroatoms. The topological polar surface area (TPSA) is 32.3 Å². The van der Waals surface area contributed by atoms with Gasteiger partial charge in [0, 0.05) is 6.04 Å². The van der Waals surface area contributed by atoms with Gasteiger partial charge in [0.15, 0.2) is 0 Å². The van der Waals surface area contributed by atoms with Crippen LogP contribution in [0.1, 0.15) is 38.3 Å². The fourth-order valence-electron chi connectivity index (χ4n) is 1.53. The Bertz CT molecular complexity index is 260. The van der Waals surface area contributed by atoms with Gasteiger partial charge in [0.25, 0.3) is 0 Å². The zero-order valence-electron chi connectivity index (χ0n) is 9.61. The molecular weight excluding hydrogens is 186 g/mol. The minimum Gasteiger partial charge on any atom is -0.393 e. The van der Waals surface area contributed by atoms with Gasteiger partial charge in [0.2, 0.25) is 0 Å². The summed E-state index contributed by atoms with van der Waals surface area (Å²) in [5, 5.41) is 12.8. The SMILES string of the molecule is CCC(O)CCNC(C)c1ccccc1. The first-order valence-electron chi connectivity index (χ1n) is 5.70. The Kier molecular flexibility index (Phi) is 5.37. The molecule has 0 saturated heterocycles. The van der Waals surface area contributed by atoms with Crippen molar-refractivity contribution in [1.82, 2.24) is 5.32 Å². The van der Waals surface area contributed by atoms with Crippen molar-refractivity contribution in [2.45, 2.75) is 38.8 Å². The molecule has 0 aromatic heterocycles. The molecule has 0 aliphatic heterocycles. The van der Waals surface area contributed by atoms with Crippen LogP contribution in [0.4, 0.5) is 0 Å². The molecule has 0 aliphatic carbocycles. The second-order valence-electron chi connectivity index (χ2n) is 3.94. The summed E-state index contributed by atoms with van der Waals surface area (Å²) < 4.78 is 0. The van der Waals surface area contributed by atoms with Crippen molar-refractivity contribution in [3.05, 3.63) is 35.9 Å². The molecular formula is C13H21NO. The Balaban J connectivity index is 2.28. The Labute approximate surface area is 92.3 Å². The van der Waals surface area contributed by atoms with Crippen molar-refractivity contribution in [3.8, 4) is 0 Å². The van der Waals surface area contributed by atoms with E-state index in [-0.39, 0.29) is 6.10 Å². The standard InChI is InChI=1S/C13H21NO/c1-3-13(15)9-10-14-11(2)12-7-5-4-6-8-12/h4-8,11,13-15H,3,9-10H2,1-2H3. The van der Waals surface area contributed by atoms with Crippen LogP contribution in [0.5, 0.6) is 0 Å². The lowest BCUT2D eigenvalue weighted by molar-refractivity contribution is 0.159. The average Bonchev–Trinajstić information content (AvgIpc) is 2.29. The first-order chi connectivity index (χ1) is 7.24. The number of nitrogens with one attached hydrogen (secondary N) is 1. The minimum atomic E-state index is -0.166. The maximum Gasteiger partial charge on any atom is 0.0549 e. The average molecular weight is 207 g/mol. The highest BCUT2D eigenvalue weighted by Crippen LogP contribution is 2.10. The van der Waals surface area contributed by atoms with Gasteiger partial charge in [0.1, 0.15) is 0 Å². The molecule has 84 valence electrons. The molecule has 2 nitrogen and oxygen atoms in total. The van der Waals surface area contributed by atoms with E-state index < -0.39 is 0 Å². The molecule has 0 radical (unpaired) electrons. The minimum absolute atomic E-state index is 0.166. The second kappa shape index (κ2) is 6.59. The predicted octanol–water partition coefficient (Wildman–Crippen LogP) is 2.50. The number of aliphatic hydroxyl groups is 1. The van der Waals surface area contributed by atoms with Crippen LogP contribution in [-0.4, -0.2) is 17.8 Å². The van der Waals surface area contributed by atoms with Gasteiger partial charge in [-0.3, -0.25) is 0 Å². The van der Waals surface area contributed by atoms with Crippen LogP contribution >= 0.6 is 0 Å². The molecule has 0 aliphatic rings. The molecule has 0 heterocycles. The molecule has 1 rings (SSSR count). The lowest BCUT2D eigenvalue weighted by Crippen LogP contribution is -2.23. The summed E-state index contributed by atoms with van der Waals surface area (Å²) >= 11 is 0. The van der Waals surface area contributed by atoms with Crippen molar-refractivity contribution in [2.24, 2.45) is 0 Å². The molecule has 1 aromatic carbocycles. The Morgan fingerprint density at radius 3 is 2.53 bits per heavy atom. The molecule has 2 N–H and O–H groups in total. The fraction of sp³-hybridized carbons (Fsp3) is 0.538. The van der Waals surface area contributed by atoms with E-state index in [1.165, 1.54) is 5.56 Å². The first kappa shape index (κ1) is 12.2. The van der Waals surface area contributed by atoms with Crippen molar-refractivity contribution in [2.75, 3.05) is 6.54 Å². The van der Waals surface area contributed by atoms with Crippen molar-refractivity contribution in [3.63, 3.8) is 0 Å². The monoisotopic (exact) mass is 207 g/mol. The highest BCUT2D eigenvalue weighted by Gasteiger charge is 2.05. The highest BCUT2D eigenvalue weighted by molar-refractivity contribution is 5.17. The third-order valence-electron chi connectivity index (χ3n) is 2.70. The Morgan fingerprint density at radius 1 is 1.27 bits per heavy atom. The number of hydrogen-bond donors (Lipinski definition) is 2. The summed E-state index contributed by atoms with van der Waals surface area (Å²) in [4.78, 5) is 0. The van der Waals surface area contributed by atoms with Crippen LogP contribution in [-0.2, 0) is 0 Å².